The van der Waals surface area contributed by atoms with E-state index in [9.17, 15) is 14.4 Å². The Labute approximate surface area is 132 Å². The van der Waals surface area contributed by atoms with Gasteiger partial charge in [0.05, 0.1) is 12.0 Å². The Morgan fingerprint density at radius 3 is 2.18 bits per heavy atom. The highest BCUT2D eigenvalue weighted by Crippen LogP contribution is 2.32. The van der Waals surface area contributed by atoms with Crippen LogP contribution in [0.1, 0.15) is 65.2 Å². The Balaban J connectivity index is 2.38. The van der Waals surface area contributed by atoms with Crippen LogP contribution in [0.4, 0.5) is 0 Å². The molecule has 0 spiro atoms. The summed E-state index contributed by atoms with van der Waals surface area (Å²) in [4.78, 5) is 36.6. The molecule has 0 aromatic rings. The van der Waals surface area contributed by atoms with E-state index in [-0.39, 0.29) is 24.7 Å². The second-order valence-electron chi connectivity index (χ2n) is 6.03. The Kier molecular flexibility index (Phi) is 7.35. The number of hydrogen-bond donors (Lipinski definition) is 2. The topological polar surface area (TPSA) is 86.7 Å². The summed E-state index contributed by atoms with van der Waals surface area (Å²) in [6.45, 7) is 5.24. The summed E-state index contributed by atoms with van der Waals surface area (Å²) in [5.74, 6) is -0.951. The third-order valence-corrected chi connectivity index (χ3v) is 4.37. The van der Waals surface area contributed by atoms with Crippen LogP contribution in [-0.4, -0.2) is 46.4 Å². The zero-order chi connectivity index (χ0) is 16.6. The van der Waals surface area contributed by atoms with Crippen molar-refractivity contribution in [1.29, 1.82) is 0 Å². The zero-order valence-corrected chi connectivity index (χ0v) is 13.7. The lowest BCUT2D eigenvalue weighted by atomic mass is 9.93. The Morgan fingerprint density at radius 2 is 1.68 bits per heavy atom. The number of nitrogens with zero attached hydrogens (tertiary/aromatic N) is 1. The number of rotatable bonds is 9. The number of hydrogen-bond acceptors (Lipinski definition) is 3. The van der Waals surface area contributed by atoms with Crippen LogP contribution in [0.15, 0.2) is 0 Å². The monoisotopic (exact) mass is 312 g/mol. The molecular weight excluding hydrogens is 284 g/mol. The smallest absolute Gasteiger partial charge is 0.305 e. The van der Waals surface area contributed by atoms with Crippen molar-refractivity contribution in [3.8, 4) is 0 Å². The second-order valence-corrected chi connectivity index (χ2v) is 6.03. The van der Waals surface area contributed by atoms with E-state index >= 15 is 0 Å². The minimum absolute atomic E-state index is 0.0167. The van der Waals surface area contributed by atoms with Crippen LogP contribution in [0, 0.1) is 0 Å². The van der Waals surface area contributed by atoms with Gasteiger partial charge in [0.1, 0.15) is 0 Å². The molecule has 0 heterocycles. The van der Waals surface area contributed by atoms with Crippen LogP contribution in [-0.2, 0) is 14.4 Å². The van der Waals surface area contributed by atoms with Gasteiger partial charge in [-0.1, -0.05) is 12.8 Å². The first-order valence-electron chi connectivity index (χ1n) is 8.23. The Hall–Kier alpha value is -1.59. The Bertz CT molecular complexity index is 399. The van der Waals surface area contributed by atoms with E-state index in [0.717, 1.165) is 25.7 Å². The highest BCUT2D eigenvalue weighted by Gasteiger charge is 2.37. The third-order valence-electron chi connectivity index (χ3n) is 4.37. The fourth-order valence-electron chi connectivity index (χ4n) is 3.18. The molecule has 0 radical (unpaired) electrons. The fourth-order valence-corrected chi connectivity index (χ4v) is 3.18. The molecular formula is C16H28N2O4. The van der Waals surface area contributed by atoms with E-state index in [1.165, 1.54) is 0 Å². The SMILES string of the molecule is CCN(CC)C(=O)CCCC(=O)NC1(CC(=O)O)CCCC1. The van der Waals surface area contributed by atoms with Crippen LogP contribution >= 0.6 is 0 Å². The standard InChI is InChI=1S/C16H28N2O4/c1-3-18(4-2)14(20)9-7-8-13(19)17-16(12-15(21)22)10-5-6-11-16/h3-12H2,1-2H3,(H,17,19)(H,21,22). The molecule has 6 nitrogen and oxygen atoms in total. The summed E-state index contributed by atoms with van der Waals surface area (Å²) in [5.41, 5.74) is -0.578. The fraction of sp³-hybridized carbons (Fsp3) is 0.812. The highest BCUT2D eigenvalue weighted by atomic mass is 16.4. The molecule has 126 valence electrons. The molecule has 2 N–H and O–H groups in total. The van der Waals surface area contributed by atoms with E-state index in [1.54, 1.807) is 4.90 Å². The predicted molar refractivity (Wildman–Crippen MR) is 83.4 cm³/mol. The minimum atomic E-state index is -0.876. The average molecular weight is 312 g/mol. The minimum Gasteiger partial charge on any atom is -0.481 e. The summed E-state index contributed by atoms with van der Waals surface area (Å²) >= 11 is 0. The molecule has 0 bridgehead atoms. The average Bonchev–Trinajstić information content (AvgIpc) is 2.87. The van der Waals surface area contributed by atoms with Crippen molar-refractivity contribution in [3.63, 3.8) is 0 Å². The molecule has 0 atom stereocenters. The first-order chi connectivity index (χ1) is 10.4. The summed E-state index contributed by atoms with van der Waals surface area (Å²) in [6, 6.07) is 0. The van der Waals surface area contributed by atoms with Crippen molar-refractivity contribution in [3.05, 3.63) is 0 Å². The maximum Gasteiger partial charge on any atom is 0.305 e. The van der Waals surface area contributed by atoms with Gasteiger partial charge in [0.25, 0.3) is 0 Å². The van der Waals surface area contributed by atoms with Crippen molar-refractivity contribution in [2.75, 3.05) is 13.1 Å². The summed E-state index contributed by atoms with van der Waals surface area (Å²) in [6.07, 6.45) is 4.48. The van der Waals surface area contributed by atoms with Crippen molar-refractivity contribution >= 4 is 17.8 Å². The molecule has 1 aliphatic carbocycles. The van der Waals surface area contributed by atoms with E-state index < -0.39 is 11.5 Å². The van der Waals surface area contributed by atoms with Gasteiger partial charge in [0, 0.05) is 25.9 Å². The summed E-state index contributed by atoms with van der Waals surface area (Å²) < 4.78 is 0. The third kappa shape index (κ3) is 5.66. The number of aliphatic carboxylic acids is 1. The molecule has 1 rings (SSSR count). The molecule has 0 aromatic carbocycles. The van der Waals surface area contributed by atoms with E-state index in [0.29, 0.717) is 25.9 Å². The molecule has 2 amide bonds. The van der Waals surface area contributed by atoms with Gasteiger partial charge >= 0.3 is 5.97 Å². The van der Waals surface area contributed by atoms with Crippen LogP contribution in [0.25, 0.3) is 0 Å². The van der Waals surface area contributed by atoms with Crippen LogP contribution < -0.4 is 5.32 Å². The number of nitrogens with one attached hydrogen (secondary N) is 1. The first kappa shape index (κ1) is 18.5. The van der Waals surface area contributed by atoms with Crippen LogP contribution in [0.3, 0.4) is 0 Å². The number of carbonyl (C=O) groups is 3. The van der Waals surface area contributed by atoms with Gasteiger partial charge < -0.3 is 15.3 Å². The number of carbonyl (C=O) groups excluding carboxylic acids is 2. The maximum absolute atomic E-state index is 12.0. The predicted octanol–water partition coefficient (Wildman–Crippen LogP) is 1.93. The second kappa shape index (κ2) is 8.76. The normalized spacial score (nSPS) is 16.3. The van der Waals surface area contributed by atoms with E-state index in [4.69, 9.17) is 5.11 Å². The van der Waals surface area contributed by atoms with Gasteiger partial charge in [0.15, 0.2) is 0 Å². The molecule has 6 heteroatoms. The number of carboxylic acid groups (broad SMARTS) is 1. The zero-order valence-electron chi connectivity index (χ0n) is 13.7. The van der Waals surface area contributed by atoms with E-state index in [2.05, 4.69) is 5.32 Å². The Morgan fingerprint density at radius 1 is 1.09 bits per heavy atom. The lowest BCUT2D eigenvalue weighted by Crippen LogP contribution is -2.47. The molecule has 0 aliphatic heterocycles. The van der Waals surface area contributed by atoms with Gasteiger partial charge in [-0.15, -0.1) is 0 Å². The molecule has 0 saturated heterocycles. The lowest BCUT2D eigenvalue weighted by Gasteiger charge is -2.28. The molecule has 1 fully saturated rings. The van der Waals surface area contributed by atoms with Gasteiger partial charge in [-0.25, -0.2) is 0 Å². The van der Waals surface area contributed by atoms with Crippen molar-refractivity contribution in [2.45, 2.75) is 70.8 Å². The van der Waals surface area contributed by atoms with Gasteiger partial charge in [0.2, 0.25) is 11.8 Å². The summed E-state index contributed by atoms with van der Waals surface area (Å²) in [7, 11) is 0. The molecule has 0 unspecified atom stereocenters. The maximum atomic E-state index is 12.0. The largest absolute Gasteiger partial charge is 0.481 e. The van der Waals surface area contributed by atoms with Crippen LogP contribution in [0.2, 0.25) is 0 Å². The lowest BCUT2D eigenvalue weighted by molar-refractivity contribution is -0.139. The van der Waals surface area contributed by atoms with Crippen LogP contribution in [0.5, 0.6) is 0 Å². The first-order valence-corrected chi connectivity index (χ1v) is 8.23. The number of carboxylic acids is 1. The molecule has 1 aliphatic rings. The van der Waals surface area contributed by atoms with Gasteiger partial charge in [-0.2, -0.15) is 0 Å². The highest BCUT2D eigenvalue weighted by molar-refractivity contribution is 5.80. The molecule has 22 heavy (non-hydrogen) atoms. The van der Waals surface area contributed by atoms with Gasteiger partial charge in [-0.3, -0.25) is 14.4 Å². The molecule has 0 aromatic heterocycles. The van der Waals surface area contributed by atoms with Crippen molar-refractivity contribution in [2.24, 2.45) is 0 Å². The van der Waals surface area contributed by atoms with E-state index in [1.807, 2.05) is 13.8 Å². The number of amides is 2. The van der Waals surface area contributed by atoms with Crippen molar-refractivity contribution < 1.29 is 19.5 Å². The van der Waals surface area contributed by atoms with Gasteiger partial charge in [-0.05, 0) is 33.1 Å². The molecule has 1 saturated carbocycles. The summed E-state index contributed by atoms with van der Waals surface area (Å²) in [5, 5.41) is 11.9. The van der Waals surface area contributed by atoms with Crippen molar-refractivity contribution in [1.82, 2.24) is 10.2 Å². The quantitative estimate of drug-likeness (QED) is 0.681.